The van der Waals surface area contributed by atoms with Gasteiger partial charge in [0, 0.05) is 13.0 Å². The molecule has 0 fully saturated rings. The van der Waals surface area contributed by atoms with Crippen molar-refractivity contribution < 1.29 is 76.2 Å². The van der Waals surface area contributed by atoms with Crippen LogP contribution >= 0.6 is 0 Å². The Morgan fingerprint density at radius 2 is 0.542 bits per heavy atom. The maximum Gasteiger partial charge on any atom is 0.220 e. The van der Waals surface area contributed by atoms with Crippen LogP contribution in [0.1, 0.15) is 71.1 Å². The van der Waals surface area contributed by atoms with Crippen molar-refractivity contribution in [3.63, 3.8) is 0 Å². The molecule has 0 aromatic heterocycles. The van der Waals surface area contributed by atoms with Gasteiger partial charge in [-0.1, -0.05) is 58.3 Å². The first-order valence-electron chi connectivity index (χ1n) is 22.3. The van der Waals surface area contributed by atoms with Crippen LogP contribution in [-0.2, 0) is 71.1 Å². The maximum absolute atomic E-state index is 11.9. The van der Waals surface area contributed by atoms with Crippen LogP contribution in [0.3, 0.4) is 0 Å². The Morgan fingerprint density at radius 3 is 0.797 bits per heavy atom. The highest BCUT2D eigenvalue weighted by Gasteiger charge is 2.02. The van der Waals surface area contributed by atoms with E-state index in [2.05, 4.69) is 12.2 Å². The van der Waals surface area contributed by atoms with Gasteiger partial charge in [0.15, 0.2) is 0 Å². The Morgan fingerprint density at radius 1 is 0.322 bits per heavy atom. The summed E-state index contributed by atoms with van der Waals surface area (Å²) in [5, 5.41) is 11.5. The summed E-state index contributed by atoms with van der Waals surface area (Å²) >= 11 is 0. The minimum Gasteiger partial charge on any atom is -0.394 e. The number of carbonyl (C=O) groups is 1. The summed E-state index contributed by atoms with van der Waals surface area (Å²) in [4.78, 5) is 11.9. The summed E-state index contributed by atoms with van der Waals surface area (Å²) < 4.78 is 76.3. The molecule has 0 aliphatic carbocycles. The minimum atomic E-state index is 0.0216. The lowest BCUT2D eigenvalue weighted by Crippen LogP contribution is -2.27. The summed E-state index contributed by atoms with van der Waals surface area (Å²) in [6.07, 6.45) is 11.9. The molecule has 59 heavy (non-hydrogen) atoms. The van der Waals surface area contributed by atoms with E-state index in [4.69, 9.17) is 71.4 Å². The van der Waals surface area contributed by atoms with Crippen LogP contribution in [0.15, 0.2) is 0 Å². The van der Waals surface area contributed by atoms with Gasteiger partial charge in [0.25, 0.3) is 0 Å². The maximum atomic E-state index is 11.9. The molecule has 0 aromatic rings. The summed E-state index contributed by atoms with van der Waals surface area (Å²) in [6, 6.07) is 0. The molecule has 354 valence electrons. The molecule has 0 aromatic carbocycles. The molecule has 0 rings (SSSR count). The van der Waals surface area contributed by atoms with E-state index >= 15 is 0 Å². The molecule has 0 aliphatic rings. The largest absolute Gasteiger partial charge is 0.394 e. The molecular formula is C42H85NO16. The minimum absolute atomic E-state index is 0.0216. The Balaban J connectivity index is 3.10. The van der Waals surface area contributed by atoms with Gasteiger partial charge in [-0.05, 0) is 6.42 Å². The molecule has 0 unspecified atom stereocenters. The normalized spacial score (nSPS) is 11.6. The number of hydrogen-bond donors (Lipinski definition) is 2. The lowest BCUT2D eigenvalue weighted by atomic mass is 10.1. The molecule has 17 heteroatoms. The average molecular weight is 860 g/mol. The van der Waals surface area contributed by atoms with Crippen molar-refractivity contribution in [1.29, 1.82) is 0 Å². The van der Waals surface area contributed by atoms with Crippen LogP contribution in [-0.4, -0.2) is 209 Å². The van der Waals surface area contributed by atoms with E-state index in [1.807, 2.05) is 0 Å². The second-order valence-electron chi connectivity index (χ2n) is 13.2. The van der Waals surface area contributed by atoms with Crippen molar-refractivity contribution in [2.45, 2.75) is 71.1 Å². The Hall–Kier alpha value is -1.13. The number of aliphatic hydroxyl groups excluding tert-OH is 1. The highest BCUT2D eigenvalue weighted by atomic mass is 16.6. The first-order chi connectivity index (χ1) is 29.3. The Bertz CT molecular complexity index is 776. The third kappa shape index (κ3) is 54.9. The SMILES string of the molecule is CCCCCCCCCCCC(=O)NCCOCCOCCOCCOCCOCCOCCOCCOCCOCCOCCOCCOCCOCCOCCO. The third-order valence-corrected chi connectivity index (χ3v) is 8.15. The first-order valence-corrected chi connectivity index (χ1v) is 22.3. The molecule has 1 amide bonds. The highest BCUT2D eigenvalue weighted by molar-refractivity contribution is 5.75. The summed E-state index contributed by atoms with van der Waals surface area (Å²) in [7, 11) is 0. The van der Waals surface area contributed by atoms with Crippen molar-refractivity contribution >= 4 is 5.91 Å². The highest BCUT2D eigenvalue weighted by Crippen LogP contribution is 2.10. The van der Waals surface area contributed by atoms with E-state index in [1.165, 1.54) is 44.9 Å². The quantitative estimate of drug-likeness (QED) is 0.0852. The van der Waals surface area contributed by atoms with Gasteiger partial charge in [-0.3, -0.25) is 4.79 Å². The standard InChI is InChI=1S/C42H85NO16/c1-2-3-4-5-6-7-8-9-10-11-42(45)43-12-14-46-16-18-48-20-22-50-24-26-52-28-30-54-32-34-56-36-38-58-40-41-59-39-37-57-35-33-55-31-29-53-27-25-51-23-21-49-19-17-47-15-13-44/h44H,2-41H2,1H3,(H,43,45). The zero-order chi connectivity index (χ0) is 42.5. The van der Waals surface area contributed by atoms with E-state index in [1.54, 1.807) is 0 Å². The molecule has 0 heterocycles. The van der Waals surface area contributed by atoms with Crippen LogP contribution in [0.4, 0.5) is 0 Å². The third-order valence-electron chi connectivity index (χ3n) is 8.15. The molecular weight excluding hydrogens is 774 g/mol. The van der Waals surface area contributed by atoms with Gasteiger partial charge in [0.2, 0.25) is 5.91 Å². The van der Waals surface area contributed by atoms with Crippen molar-refractivity contribution in [1.82, 2.24) is 5.32 Å². The van der Waals surface area contributed by atoms with Crippen molar-refractivity contribution in [2.24, 2.45) is 0 Å². The predicted molar refractivity (Wildman–Crippen MR) is 223 cm³/mol. The lowest BCUT2D eigenvalue weighted by Gasteiger charge is -2.09. The fourth-order valence-corrected chi connectivity index (χ4v) is 4.97. The fraction of sp³-hybridized carbons (Fsp3) is 0.976. The molecule has 2 N–H and O–H groups in total. The molecule has 0 atom stereocenters. The Kier molecular flexibility index (Phi) is 53.8. The predicted octanol–water partition coefficient (Wildman–Crippen LogP) is 3.25. The van der Waals surface area contributed by atoms with E-state index in [0.717, 1.165) is 12.8 Å². The van der Waals surface area contributed by atoms with E-state index in [0.29, 0.717) is 198 Å². The van der Waals surface area contributed by atoms with E-state index in [-0.39, 0.29) is 12.5 Å². The smallest absolute Gasteiger partial charge is 0.220 e. The molecule has 0 saturated heterocycles. The van der Waals surface area contributed by atoms with E-state index < -0.39 is 0 Å². The van der Waals surface area contributed by atoms with Crippen molar-refractivity contribution in [3.05, 3.63) is 0 Å². The average Bonchev–Trinajstić information content (AvgIpc) is 3.24. The zero-order valence-corrected chi connectivity index (χ0v) is 36.9. The van der Waals surface area contributed by atoms with Gasteiger partial charge in [0.1, 0.15) is 0 Å². The van der Waals surface area contributed by atoms with E-state index in [9.17, 15) is 4.79 Å². The van der Waals surface area contributed by atoms with Crippen LogP contribution in [0, 0.1) is 0 Å². The molecule has 0 saturated carbocycles. The topological polar surface area (TPSA) is 179 Å². The van der Waals surface area contributed by atoms with Crippen LogP contribution in [0.2, 0.25) is 0 Å². The number of amides is 1. The van der Waals surface area contributed by atoms with Gasteiger partial charge in [-0.25, -0.2) is 0 Å². The second kappa shape index (κ2) is 54.9. The van der Waals surface area contributed by atoms with Crippen molar-refractivity contribution in [3.8, 4) is 0 Å². The van der Waals surface area contributed by atoms with Gasteiger partial charge in [-0.15, -0.1) is 0 Å². The molecule has 0 aliphatic heterocycles. The first kappa shape index (κ1) is 57.9. The van der Waals surface area contributed by atoms with Crippen LogP contribution in [0.5, 0.6) is 0 Å². The van der Waals surface area contributed by atoms with Gasteiger partial charge >= 0.3 is 0 Å². The molecule has 0 spiro atoms. The summed E-state index contributed by atoms with van der Waals surface area (Å²) in [5.74, 6) is 0.110. The molecule has 17 nitrogen and oxygen atoms in total. The number of unbranched alkanes of at least 4 members (excludes halogenated alkanes) is 8. The van der Waals surface area contributed by atoms with Crippen molar-refractivity contribution in [2.75, 3.05) is 198 Å². The number of ether oxygens (including phenoxy) is 14. The number of carbonyl (C=O) groups excluding carboxylic acids is 1. The van der Waals surface area contributed by atoms with Crippen LogP contribution < -0.4 is 5.32 Å². The van der Waals surface area contributed by atoms with Gasteiger partial charge in [-0.2, -0.15) is 0 Å². The van der Waals surface area contributed by atoms with Crippen LogP contribution in [0.25, 0.3) is 0 Å². The monoisotopic (exact) mass is 860 g/mol. The van der Waals surface area contributed by atoms with Gasteiger partial charge in [0.05, 0.1) is 192 Å². The molecule has 0 bridgehead atoms. The number of hydrogen-bond acceptors (Lipinski definition) is 16. The number of rotatable bonds is 54. The Labute approximate surface area is 356 Å². The summed E-state index contributed by atoms with van der Waals surface area (Å²) in [6.45, 7) is 16.5. The second-order valence-corrected chi connectivity index (χ2v) is 13.2. The number of aliphatic hydroxyl groups is 1. The zero-order valence-electron chi connectivity index (χ0n) is 36.9. The summed E-state index contributed by atoms with van der Waals surface area (Å²) in [5.41, 5.74) is 0. The molecule has 0 radical (unpaired) electrons. The lowest BCUT2D eigenvalue weighted by molar-refractivity contribution is -0.121. The fourth-order valence-electron chi connectivity index (χ4n) is 4.97. The number of nitrogens with one attached hydrogen (secondary N) is 1. The van der Waals surface area contributed by atoms with Gasteiger partial charge < -0.3 is 76.7 Å².